The van der Waals surface area contributed by atoms with E-state index in [0.29, 0.717) is 29.6 Å². The van der Waals surface area contributed by atoms with Crippen LogP contribution in [0.25, 0.3) is 11.3 Å². The molecule has 0 unspecified atom stereocenters. The number of aliphatic hydroxyl groups is 1. The molecule has 1 aliphatic rings. The average Bonchev–Trinajstić information content (AvgIpc) is 3.32. The average molecular weight is 447 g/mol. The minimum atomic E-state index is -0.478. The Hall–Kier alpha value is -3.97. The van der Waals surface area contributed by atoms with E-state index in [9.17, 15) is 15.2 Å². The van der Waals surface area contributed by atoms with Crippen molar-refractivity contribution >= 4 is 23.4 Å². The summed E-state index contributed by atoms with van der Waals surface area (Å²) in [5, 5.41) is 30.4. The molecule has 3 aromatic rings. The molecule has 10 nitrogen and oxygen atoms in total. The van der Waals surface area contributed by atoms with Crippen LogP contribution in [0.15, 0.2) is 30.5 Å². The van der Waals surface area contributed by atoms with Crippen LogP contribution >= 0.6 is 0 Å². The normalized spacial score (nSPS) is 16.6. The number of anilines is 3. The first kappa shape index (κ1) is 22.2. The highest BCUT2D eigenvalue weighted by Crippen LogP contribution is 2.41. The van der Waals surface area contributed by atoms with Crippen LogP contribution in [-0.4, -0.2) is 62.9 Å². The maximum absolute atomic E-state index is 12.2. The lowest BCUT2D eigenvalue weighted by molar-refractivity contribution is -0.129. The first-order valence-electron chi connectivity index (χ1n) is 10.5. The molecule has 170 valence electrons. The van der Waals surface area contributed by atoms with Crippen LogP contribution in [0.5, 0.6) is 0 Å². The predicted octanol–water partition coefficient (Wildman–Crippen LogP) is 2.03. The summed E-state index contributed by atoms with van der Waals surface area (Å²) < 4.78 is 1.58. The molecule has 10 heteroatoms. The van der Waals surface area contributed by atoms with Crippen molar-refractivity contribution in [3.05, 3.63) is 47.3 Å². The smallest absolute Gasteiger partial charge is 0.243 e. The van der Waals surface area contributed by atoms with Crippen molar-refractivity contribution in [2.75, 3.05) is 37.9 Å². The van der Waals surface area contributed by atoms with Crippen LogP contribution in [0, 0.1) is 18.3 Å². The molecule has 33 heavy (non-hydrogen) atoms. The quantitative estimate of drug-likeness (QED) is 0.524. The molecule has 4 rings (SSSR count). The molecule has 1 aromatic carbocycles. The minimum absolute atomic E-state index is 0.0348. The Kier molecular flexibility index (Phi) is 5.74. The number of aromatic nitrogens is 4. The molecule has 0 saturated carbocycles. The zero-order valence-corrected chi connectivity index (χ0v) is 19.0. The van der Waals surface area contributed by atoms with Gasteiger partial charge in [-0.3, -0.25) is 4.79 Å². The summed E-state index contributed by atoms with van der Waals surface area (Å²) in [6, 6.07) is 9.57. The van der Waals surface area contributed by atoms with E-state index in [1.165, 1.54) is 4.90 Å². The Morgan fingerprint density at radius 1 is 1.39 bits per heavy atom. The maximum atomic E-state index is 12.2. The van der Waals surface area contributed by atoms with Gasteiger partial charge in [0, 0.05) is 43.9 Å². The predicted molar refractivity (Wildman–Crippen MR) is 124 cm³/mol. The summed E-state index contributed by atoms with van der Waals surface area (Å²) in [5.41, 5.74) is 3.82. The number of amides is 1. The molecule has 3 N–H and O–H groups in total. The zero-order chi connectivity index (χ0) is 23.8. The van der Waals surface area contributed by atoms with Gasteiger partial charge in [-0.1, -0.05) is 6.92 Å². The van der Waals surface area contributed by atoms with E-state index < -0.39 is 5.41 Å². The van der Waals surface area contributed by atoms with Gasteiger partial charge in [-0.25, -0.2) is 14.6 Å². The lowest BCUT2D eigenvalue weighted by Gasteiger charge is -2.21. The van der Waals surface area contributed by atoms with Gasteiger partial charge in [0.2, 0.25) is 11.9 Å². The Balaban J connectivity index is 1.68. The van der Waals surface area contributed by atoms with Crippen molar-refractivity contribution < 1.29 is 9.90 Å². The molecule has 0 fully saturated rings. The molecule has 1 amide bonds. The molecular formula is C23H26N8O2. The van der Waals surface area contributed by atoms with Crippen LogP contribution in [0.3, 0.4) is 0 Å². The van der Waals surface area contributed by atoms with Crippen molar-refractivity contribution in [3.8, 4) is 17.3 Å². The number of carbonyl (C=O) groups excluding carboxylic acids is 1. The third-order valence-corrected chi connectivity index (χ3v) is 5.79. The summed E-state index contributed by atoms with van der Waals surface area (Å²) in [6.45, 7) is 4.42. The molecule has 0 saturated heterocycles. The second-order valence-electron chi connectivity index (χ2n) is 8.64. The third kappa shape index (κ3) is 4.23. The molecule has 0 radical (unpaired) electrons. The molecule has 0 aliphatic carbocycles. The second-order valence-corrected chi connectivity index (χ2v) is 8.64. The van der Waals surface area contributed by atoms with Crippen molar-refractivity contribution in [1.82, 2.24) is 24.6 Å². The van der Waals surface area contributed by atoms with Gasteiger partial charge >= 0.3 is 0 Å². The van der Waals surface area contributed by atoms with Crippen LogP contribution in [0.1, 0.15) is 23.7 Å². The lowest BCUT2D eigenvalue weighted by Crippen LogP contribution is -2.28. The lowest BCUT2D eigenvalue weighted by atomic mass is 9.83. The number of hydrogen-bond donors (Lipinski definition) is 3. The fourth-order valence-corrected chi connectivity index (χ4v) is 3.79. The van der Waals surface area contributed by atoms with E-state index >= 15 is 0 Å². The van der Waals surface area contributed by atoms with Gasteiger partial charge in [0.15, 0.2) is 0 Å². The maximum Gasteiger partial charge on any atom is 0.243 e. The summed E-state index contributed by atoms with van der Waals surface area (Å²) in [4.78, 5) is 22.6. The number of carbonyl (C=O) groups is 1. The number of fused-ring (bicyclic) bond motifs is 1. The highest BCUT2D eigenvalue weighted by molar-refractivity contribution is 5.77. The van der Waals surface area contributed by atoms with Crippen LogP contribution < -0.4 is 10.6 Å². The number of aliphatic hydroxyl groups excluding tert-OH is 1. The van der Waals surface area contributed by atoms with Crippen molar-refractivity contribution in [3.63, 3.8) is 0 Å². The molecule has 3 heterocycles. The third-order valence-electron chi connectivity index (χ3n) is 5.79. The van der Waals surface area contributed by atoms with Crippen LogP contribution in [0.2, 0.25) is 0 Å². The molecule has 0 spiro atoms. The summed E-state index contributed by atoms with van der Waals surface area (Å²) in [5.74, 6) is 0.857. The molecule has 1 aliphatic heterocycles. The van der Waals surface area contributed by atoms with Gasteiger partial charge in [0.25, 0.3) is 0 Å². The standard InChI is InChI=1S/C23H26N8O2/c1-14-7-19(31(29-14)11-20(33)30(3)4)28-22-25-6-5-18(27-22)15-8-16(10-24)21-17(9-15)23(2,13-32)12-26-21/h5-9,26,32H,11-13H2,1-4H3,(H,25,27,28)/t23-/m1/s1. The fraction of sp³-hybridized carbons (Fsp3) is 0.348. The molecule has 1 atom stereocenters. The van der Waals surface area contributed by atoms with E-state index in [2.05, 4.69) is 31.8 Å². The number of rotatable bonds is 6. The molecular weight excluding hydrogens is 420 g/mol. The summed E-state index contributed by atoms with van der Waals surface area (Å²) in [6.07, 6.45) is 1.63. The highest BCUT2D eigenvalue weighted by Gasteiger charge is 2.36. The van der Waals surface area contributed by atoms with E-state index in [4.69, 9.17) is 0 Å². The Morgan fingerprint density at radius 2 is 2.18 bits per heavy atom. The van der Waals surface area contributed by atoms with Gasteiger partial charge < -0.3 is 20.6 Å². The van der Waals surface area contributed by atoms with Crippen molar-refractivity contribution in [1.29, 1.82) is 5.26 Å². The number of nitriles is 1. The van der Waals surface area contributed by atoms with Gasteiger partial charge in [-0.05, 0) is 30.7 Å². The Morgan fingerprint density at radius 3 is 2.88 bits per heavy atom. The number of aryl methyl sites for hydroxylation is 1. The van der Waals surface area contributed by atoms with Gasteiger partial charge in [-0.15, -0.1) is 0 Å². The van der Waals surface area contributed by atoms with E-state index in [1.807, 2.05) is 26.0 Å². The molecule has 0 bridgehead atoms. The summed E-state index contributed by atoms with van der Waals surface area (Å²) in [7, 11) is 3.39. The molecule has 2 aromatic heterocycles. The summed E-state index contributed by atoms with van der Waals surface area (Å²) >= 11 is 0. The van der Waals surface area contributed by atoms with Gasteiger partial charge in [0.05, 0.1) is 29.2 Å². The first-order valence-corrected chi connectivity index (χ1v) is 10.5. The number of hydrogen-bond acceptors (Lipinski definition) is 8. The van der Waals surface area contributed by atoms with E-state index in [1.54, 1.807) is 37.1 Å². The first-order chi connectivity index (χ1) is 15.7. The zero-order valence-electron chi connectivity index (χ0n) is 19.0. The highest BCUT2D eigenvalue weighted by atomic mass is 16.3. The number of benzene rings is 1. The Bertz CT molecular complexity index is 1260. The SMILES string of the molecule is Cc1cc(Nc2nccc(-c3cc(C#N)c4c(c3)[C@@](C)(CO)CN4)n2)n(CC(=O)N(C)C)n1. The fourth-order valence-electron chi connectivity index (χ4n) is 3.79. The van der Waals surface area contributed by atoms with Crippen molar-refractivity contribution in [2.24, 2.45) is 0 Å². The van der Waals surface area contributed by atoms with E-state index in [-0.39, 0.29) is 19.1 Å². The largest absolute Gasteiger partial charge is 0.395 e. The number of likely N-dealkylation sites (N-methyl/N-ethyl adjacent to an activating group) is 1. The van der Waals surface area contributed by atoms with E-state index in [0.717, 1.165) is 22.5 Å². The Labute approximate surface area is 191 Å². The minimum Gasteiger partial charge on any atom is -0.395 e. The van der Waals surface area contributed by atoms with Gasteiger partial charge in [0.1, 0.15) is 18.4 Å². The topological polar surface area (TPSA) is 132 Å². The van der Waals surface area contributed by atoms with Crippen LogP contribution in [-0.2, 0) is 16.8 Å². The van der Waals surface area contributed by atoms with Crippen LogP contribution in [0.4, 0.5) is 17.5 Å². The van der Waals surface area contributed by atoms with Crippen molar-refractivity contribution in [2.45, 2.75) is 25.8 Å². The number of nitrogens with one attached hydrogen (secondary N) is 2. The monoisotopic (exact) mass is 446 g/mol. The van der Waals surface area contributed by atoms with Gasteiger partial charge in [-0.2, -0.15) is 10.4 Å². The number of nitrogens with zero attached hydrogens (tertiary/aromatic N) is 6. The second kappa shape index (κ2) is 8.52.